The maximum atomic E-state index is 12.9. The quantitative estimate of drug-likeness (QED) is 0.788. The van der Waals surface area contributed by atoms with Crippen molar-refractivity contribution in [2.75, 3.05) is 19.8 Å². The van der Waals surface area contributed by atoms with E-state index in [9.17, 15) is 4.79 Å². The van der Waals surface area contributed by atoms with Gasteiger partial charge in [0.25, 0.3) is 5.91 Å². The monoisotopic (exact) mass is 388 g/mol. The predicted molar refractivity (Wildman–Crippen MR) is 92.4 cm³/mol. The molecule has 1 aromatic carbocycles. The van der Waals surface area contributed by atoms with E-state index in [2.05, 4.69) is 20.9 Å². The number of pyridine rings is 1. The lowest BCUT2D eigenvalue weighted by atomic mass is 10.0. The molecule has 0 radical (unpaired) electrons. The Balaban J connectivity index is 1.62. The van der Waals surface area contributed by atoms with Crippen molar-refractivity contribution in [2.24, 2.45) is 0 Å². The lowest BCUT2D eigenvalue weighted by Crippen LogP contribution is -2.30. The van der Waals surface area contributed by atoms with Crippen LogP contribution in [0.15, 0.2) is 41.1 Å². The van der Waals surface area contributed by atoms with Gasteiger partial charge >= 0.3 is 0 Å². The standard InChI is InChI=1S/C18H17BrN2O3/c19-14-8-13(10-20-11-14)18(22)21-5-1-2-15(21)12-3-4-16-17(9-12)24-7-6-23-16/h3-4,8-11,15H,1-2,5-7H2/t15-/m0/s1. The van der Waals surface area contributed by atoms with E-state index >= 15 is 0 Å². The Morgan fingerprint density at radius 2 is 2.00 bits per heavy atom. The van der Waals surface area contributed by atoms with Crippen LogP contribution < -0.4 is 9.47 Å². The van der Waals surface area contributed by atoms with Crippen LogP contribution in [0.5, 0.6) is 11.5 Å². The van der Waals surface area contributed by atoms with Crippen molar-refractivity contribution in [1.82, 2.24) is 9.88 Å². The Morgan fingerprint density at radius 3 is 2.83 bits per heavy atom. The van der Waals surface area contributed by atoms with E-state index in [1.54, 1.807) is 12.4 Å². The number of rotatable bonds is 2. The van der Waals surface area contributed by atoms with Crippen LogP contribution in [0.1, 0.15) is 34.8 Å². The number of amides is 1. The Morgan fingerprint density at radius 1 is 1.17 bits per heavy atom. The highest BCUT2D eigenvalue weighted by Crippen LogP contribution is 2.38. The molecular weight excluding hydrogens is 372 g/mol. The predicted octanol–water partition coefficient (Wildman–Crippen LogP) is 3.59. The first kappa shape index (κ1) is 15.4. The van der Waals surface area contributed by atoms with Gasteiger partial charge in [-0.25, -0.2) is 0 Å². The molecule has 0 unspecified atom stereocenters. The van der Waals surface area contributed by atoms with E-state index < -0.39 is 0 Å². The summed E-state index contributed by atoms with van der Waals surface area (Å²) in [6.07, 6.45) is 5.24. The largest absolute Gasteiger partial charge is 0.486 e. The van der Waals surface area contributed by atoms with Gasteiger partial charge in [0, 0.05) is 23.4 Å². The van der Waals surface area contributed by atoms with E-state index in [0.717, 1.165) is 40.9 Å². The lowest BCUT2D eigenvalue weighted by Gasteiger charge is -2.26. The van der Waals surface area contributed by atoms with Gasteiger partial charge in [0.05, 0.1) is 11.6 Å². The summed E-state index contributed by atoms with van der Waals surface area (Å²) in [5.41, 5.74) is 1.70. The molecule has 1 aromatic heterocycles. The molecule has 2 aliphatic rings. The van der Waals surface area contributed by atoms with E-state index in [0.29, 0.717) is 18.8 Å². The molecule has 1 atom stereocenters. The summed E-state index contributed by atoms with van der Waals surface area (Å²) < 4.78 is 12.1. The first-order chi connectivity index (χ1) is 11.7. The average Bonchev–Trinajstić information content (AvgIpc) is 3.10. The summed E-state index contributed by atoms with van der Waals surface area (Å²) in [6, 6.07) is 7.85. The number of carbonyl (C=O) groups excluding carboxylic acids is 1. The minimum atomic E-state index is 0.0150. The molecule has 6 heteroatoms. The highest BCUT2D eigenvalue weighted by atomic mass is 79.9. The van der Waals surface area contributed by atoms with Crippen LogP contribution >= 0.6 is 15.9 Å². The van der Waals surface area contributed by atoms with Crippen molar-refractivity contribution in [3.05, 3.63) is 52.3 Å². The number of halogens is 1. The van der Waals surface area contributed by atoms with Crippen LogP contribution in [0.2, 0.25) is 0 Å². The molecule has 3 heterocycles. The van der Waals surface area contributed by atoms with Crippen LogP contribution in [0.4, 0.5) is 0 Å². The Bertz CT molecular complexity index is 781. The normalized spacial score (nSPS) is 19.4. The molecular formula is C18H17BrN2O3. The first-order valence-electron chi connectivity index (χ1n) is 8.03. The molecule has 2 aliphatic heterocycles. The van der Waals surface area contributed by atoms with Crippen molar-refractivity contribution >= 4 is 21.8 Å². The molecule has 4 rings (SSSR count). The molecule has 24 heavy (non-hydrogen) atoms. The lowest BCUT2D eigenvalue weighted by molar-refractivity contribution is 0.0734. The minimum absolute atomic E-state index is 0.0150. The fourth-order valence-corrected chi connectivity index (χ4v) is 3.68. The molecule has 1 saturated heterocycles. The molecule has 0 saturated carbocycles. The number of hydrogen-bond acceptors (Lipinski definition) is 4. The number of ether oxygens (including phenoxy) is 2. The minimum Gasteiger partial charge on any atom is -0.486 e. The van der Waals surface area contributed by atoms with Gasteiger partial charge in [0.1, 0.15) is 13.2 Å². The second-order valence-corrected chi connectivity index (χ2v) is 6.87. The zero-order chi connectivity index (χ0) is 16.5. The van der Waals surface area contributed by atoms with Gasteiger partial charge in [-0.1, -0.05) is 6.07 Å². The second-order valence-electron chi connectivity index (χ2n) is 5.95. The van der Waals surface area contributed by atoms with Crippen LogP contribution in [-0.2, 0) is 0 Å². The van der Waals surface area contributed by atoms with Gasteiger partial charge in [-0.05, 0) is 52.5 Å². The van der Waals surface area contributed by atoms with E-state index in [1.807, 2.05) is 29.2 Å². The Hall–Kier alpha value is -2.08. The van der Waals surface area contributed by atoms with Crippen molar-refractivity contribution in [2.45, 2.75) is 18.9 Å². The van der Waals surface area contributed by atoms with Crippen LogP contribution in [0.3, 0.4) is 0 Å². The van der Waals surface area contributed by atoms with Crippen molar-refractivity contribution in [3.63, 3.8) is 0 Å². The number of nitrogens with zero attached hydrogens (tertiary/aromatic N) is 2. The highest BCUT2D eigenvalue weighted by molar-refractivity contribution is 9.10. The fourth-order valence-electron chi connectivity index (χ4n) is 3.32. The van der Waals surface area contributed by atoms with Crippen LogP contribution in [-0.4, -0.2) is 35.5 Å². The molecule has 0 bridgehead atoms. The fraction of sp³-hybridized carbons (Fsp3) is 0.333. The summed E-state index contributed by atoms with van der Waals surface area (Å²) in [5, 5.41) is 0. The highest BCUT2D eigenvalue weighted by Gasteiger charge is 2.31. The zero-order valence-electron chi connectivity index (χ0n) is 13.1. The molecule has 0 spiro atoms. The summed E-state index contributed by atoms with van der Waals surface area (Å²) in [6.45, 7) is 1.90. The third-order valence-electron chi connectivity index (χ3n) is 4.42. The van der Waals surface area contributed by atoms with Crippen LogP contribution in [0.25, 0.3) is 0 Å². The SMILES string of the molecule is O=C(c1cncc(Br)c1)N1CCC[C@H]1c1ccc2c(c1)OCCO2. The Labute approximate surface area is 148 Å². The summed E-state index contributed by atoms with van der Waals surface area (Å²) in [7, 11) is 0. The Kier molecular flexibility index (Phi) is 4.14. The number of hydrogen-bond donors (Lipinski definition) is 0. The molecule has 1 amide bonds. The van der Waals surface area contributed by atoms with E-state index in [-0.39, 0.29) is 11.9 Å². The van der Waals surface area contributed by atoms with Crippen molar-refractivity contribution in [3.8, 4) is 11.5 Å². The van der Waals surface area contributed by atoms with E-state index in [4.69, 9.17) is 9.47 Å². The van der Waals surface area contributed by atoms with E-state index in [1.165, 1.54) is 0 Å². The summed E-state index contributed by atoms with van der Waals surface area (Å²) in [4.78, 5) is 18.9. The number of carbonyl (C=O) groups is 1. The van der Waals surface area contributed by atoms with Crippen molar-refractivity contribution in [1.29, 1.82) is 0 Å². The summed E-state index contributed by atoms with van der Waals surface area (Å²) >= 11 is 3.38. The van der Waals surface area contributed by atoms with Crippen LogP contribution in [0, 0.1) is 0 Å². The number of fused-ring (bicyclic) bond motifs is 1. The zero-order valence-corrected chi connectivity index (χ0v) is 14.7. The van der Waals surface area contributed by atoms with Gasteiger partial charge in [-0.15, -0.1) is 0 Å². The molecule has 0 N–H and O–H groups in total. The third-order valence-corrected chi connectivity index (χ3v) is 4.85. The maximum absolute atomic E-state index is 12.9. The first-order valence-corrected chi connectivity index (χ1v) is 8.83. The third kappa shape index (κ3) is 2.86. The van der Waals surface area contributed by atoms with Gasteiger partial charge in [0.2, 0.25) is 0 Å². The maximum Gasteiger partial charge on any atom is 0.255 e. The van der Waals surface area contributed by atoms with Gasteiger partial charge in [-0.3, -0.25) is 9.78 Å². The second kappa shape index (κ2) is 6.43. The molecule has 1 fully saturated rings. The number of benzene rings is 1. The molecule has 0 aliphatic carbocycles. The van der Waals surface area contributed by atoms with Gasteiger partial charge < -0.3 is 14.4 Å². The van der Waals surface area contributed by atoms with Gasteiger partial charge in [-0.2, -0.15) is 0 Å². The molecule has 2 aromatic rings. The average molecular weight is 389 g/mol. The molecule has 124 valence electrons. The smallest absolute Gasteiger partial charge is 0.255 e. The topological polar surface area (TPSA) is 51.7 Å². The molecule has 5 nitrogen and oxygen atoms in total. The van der Waals surface area contributed by atoms with Crippen molar-refractivity contribution < 1.29 is 14.3 Å². The number of aromatic nitrogens is 1. The number of likely N-dealkylation sites (tertiary alicyclic amines) is 1. The summed E-state index contributed by atoms with van der Waals surface area (Å²) in [5.74, 6) is 1.56. The van der Waals surface area contributed by atoms with Gasteiger partial charge in [0.15, 0.2) is 11.5 Å².